The number of rotatable bonds is 12. The number of amides is 2. The van der Waals surface area contributed by atoms with Crippen LogP contribution in [0.4, 0.5) is 0 Å². The highest BCUT2D eigenvalue weighted by molar-refractivity contribution is 5.98. The maximum Gasteiger partial charge on any atom is 0.245 e. The van der Waals surface area contributed by atoms with Crippen LogP contribution in [-0.2, 0) is 32.0 Å². The van der Waals surface area contributed by atoms with Crippen molar-refractivity contribution < 1.29 is 38.8 Å². The summed E-state index contributed by atoms with van der Waals surface area (Å²) in [5.41, 5.74) is 0.701. The number of Topliss-reactive ketones (excluding diaryl/α,β-unsaturated/α-hetero) is 1. The third-order valence-corrected chi connectivity index (χ3v) is 6.68. The number of carbonyl (C=O) groups excluding carboxylic acids is 3. The lowest BCUT2D eigenvalue weighted by atomic mass is 9.82. The Morgan fingerprint density at radius 3 is 2.40 bits per heavy atom. The second-order valence-electron chi connectivity index (χ2n) is 9.62. The van der Waals surface area contributed by atoms with E-state index in [2.05, 4.69) is 10.6 Å². The van der Waals surface area contributed by atoms with E-state index in [9.17, 15) is 24.6 Å². The van der Waals surface area contributed by atoms with Gasteiger partial charge in [0.2, 0.25) is 11.8 Å². The van der Waals surface area contributed by atoms with Gasteiger partial charge in [-0.3, -0.25) is 14.4 Å². The molecule has 35 heavy (non-hydrogen) atoms. The maximum atomic E-state index is 13.0. The maximum absolute atomic E-state index is 13.0. The molecule has 2 aliphatic rings. The summed E-state index contributed by atoms with van der Waals surface area (Å²) in [6, 6.07) is 1.61. The number of nitrogens with one attached hydrogen (secondary N) is 2. The van der Waals surface area contributed by atoms with Crippen LogP contribution in [0.2, 0.25) is 0 Å². The molecule has 2 amide bonds. The number of hydrogen-bond donors (Lipinski definition) is 4. The number of aliphatic hydroxyl groups is 2. The first-order valence-electron chi connectivity index (χ1n) is 11.9. The third-order valence-electron chi connectivity index (χ3n) is 6.68. The molecule has 10 heteroatoms. The molecule has 194 valence electrons. The zero-order chi connectivity index (χ0) is 25.8. The van der Waals surface area contributed by atoms with Gasteiger partial charge in [-0.1, -0.05) is 19.9 Å². The second-order valence-corrected chi connectivity index (χ2v) is 9.62. The zero-order valence-corrected chi connectivity index (χ0v) is 20.8. The zero-order valence-electron chi connectivity index (χ0n) is 20.8. The number of epoxide rings is 1. The first-order chi connectivity index (χ1) is 16.7. The van der Waals surface area contributed by atoms with Gasteiger partial charge in [-0.05, 0) is 43.2 Å². The standard InChI is InChI=1S/C25H36N2O8/c1-14(2)9-18(22(30)25(12-29)13-35-25)26-24(32)19(11-28)27-23(31)16-5-7-17-15(10-16)6-8-20(33-3)21(17)34-4/h6,8,14,16,18-19,28-29H,5,7,9-13H2,1-4H3,(H,26,32)(H,27,31)/t16?,18-,19-,25+/m0/s1. The van der Waals surface area contributed by atoms with E-state index in [0.717, 1.165) is 11.1 Å². The summed E-state index contributed by atoms with van der Waals surface area (Å²) in [6.45, 7) is 2.84. The van der Waals surface area contributed by atoms with E-state index in [-0.39, 0.29) is 24.3 Å². The molecule has 1 unspecified atom stereocenters. The number of hydrogen-bond acceptors (Lipinski definition) is 8. The average molecular weight is 493 g/mol. The number of ketones is 1. The molecule has 1 aromatic carbocycles. The Labute approximate surface area is 205 Å². The molecule has 0 radical (unpaired) electrons. The first-order valence-corrected chi connectivity index (χ1v) is 11.9. The average Bonchev–Trinajstić information content (AvgIpc) is 3.66. The molecule has 4 atom stereocenters. The van der Waals surface area contributed by atoms with Crippen LogP contribution in [0.15, 0.2) is 12.1 Å². The molecule has 1 saturated heterocycles. The Balaban J connectivity index is 1.65. The lowest BCUT2D eigenvalue weighted by molar-refractivity contribution is -0.135. The van der Waals surface area contributed by atoms with Crippen molar-refractivity contribution in [3.8, 4) is 11.5 Å². The molecule has 10 nitrogen and oxygen atoms in total. The Bertz CT molecular complexity index is 944. The minimum Gasteiger partial charge on any atom is -0.493 e. The summed E-state index contributed by atoms with van der Waals surface area (Å²) >= 11 is 0. The molecule has 0 spiro atoms. The van der Waals surface area contributed by atoms with Crippen LogP contribution < -0.4 is 20.1 Å². The lowest BCUT2D eigenvalue weighted by Crippen LogP contribution is -2.56. The number of ether oxygens (including phenoxy) is 3. The van der Waals surface area contributed by atoms with Crippen molar-refractivity contribution in [1.82, 2.24) is 10.6 Å². The van der Waals surface area contributed by atoms with Gasteiger partial charge in [-0.25, -0.2) is 0 Å². The third kappa shape index (κ3) is 5.94. The van der Waals surface area contributed by atoms with Crippen LogP contribution in [-0.4, -0.2) is 79.5 Å². The van der Waals surface area contributed by atoms with Crippen LogP contribution >= 0.6 is 0 Å². The predicted molar refractivity (Wildman–Crippen MR) is 126 cm³/mol. The molecule has 4 N–H and O–H groups in total. The summed E-state index contributed by atoms with van der Waals surface area (Å²) in [6.07, 6.45) is 1.96. The Morgan fingerprint density at radius 2 is 1.86 bits per heavy atom. The van der Waals surface area contributed by atoms with Gasteiger partial charge < -0.3 is 35.1 Å². The molecule has 0 aromatic heterocycles. The fraction of sp³-hybridized carbons (Fsp3) is 0.640. The van der Waals surface area contributed by atoms with Gasteiger partial charge in [0.1, 0.15) is 6.04 Å². The molecular formula is C25H36N2O8. The summed E-state index contributed by atoms with van der Waals surface area (Å²) < 4.78 is 16.0. The number of carbonyl (C=O) groups is 3. The van der Waals surface area contributed by atoms with Crippen LogP contribution in [0, 0.1) is 11.8 Å². The molecule has 1 heterocycles. The van der Waals surface area contributed by atoms with Crippen LogP contribution in [0.1, 0.15) is 37.8 Å². The van der Waals surface area contributed by atoms with Crippen molar-refractivity contribution >= 4 is 17.6 Å². The molecule has 1 fully saturated rings. The number of methoxy groups -OCH3 is 2. The van der Waals surface area contributed by atoms with E-state index in [1.54, 1.807) is 20.3 Å². The first kappa shape index (κ1) is 26.9. The van der Waals surface area contributed by atoms with Crippen molar-refractivity contribution in [2.75, 3.05) is 34.0 Å². The van der Waals surface area contributed by atoms with Crippen LogP contribution in [0.3, 0.4) is 0 Å². The van der Waals surface area contributed by atoms with Gasteiger partial charge in [0.25, 0.3) is 0 Å². The van der Waals surface area contributed by atoms with Crippen molar-refractivity contribution in [2.45, 2.75) is 57.2 Å². The lowest BCUT2D eigenvalue weighted by Gasteiger charge is -2.28. The quantitative estimate of drug-likeness (QED) is 0.302. The van der Waals surface area contributed by atoms with Gasteiger partial charge in [-0.2, -0.15) is 0 Å². The van der Waals surface area contributed by atoms with Crippen molar-refractivity contribution in [3.05, 3.63) is 23.3 Å². The topological polar surface area (TPSA) is 147 Å². The second kappa shape index (κ2) is 11.4. The van der Waals surface area contributed by atoms with Gasteiger partial charge in [0.05, 0.1) is 40.1 Å². The number of fused-ring (bicyclic) bond motifs is 1. The van der Waals surface area contributed by atoms with Gasteiger partial charge >= 0.3 is 0 Å². The fourth-order valence-electron chi connectivity index (χ4n) is 4.58. The van der Waals surface area contributed by atoms with Crippen LogP contribution in [0.5, 0.6) is 11.5 Å². The normalized spacial score (nSPS) is 22.5. The summed E-state index contributed by atoms with van der Waals surface area (Å²) in [4.78, 5) is 38.8. The number of aliphatic hydroxyl groups excluding tert-OH is 2. The smallest absolute Gasteiger partial charge is 0.245 e. The van der Waals surface area contributed by atoms with E-state index < -0.39 is 42.6 Å². The highest BCUT2D eigenvalue weighted by atomic mass is 16.6. The van der Waals surface area contributed by atoms with Gasteiger partial charge in [0.15, 0.2) is 22.9 Å². The molecular weight excluding hydrogens is 456 g/mol. The SMILES string of the molecule is COc1ccc2c(c1OC)CCC(C(=O)N[C@@H](CO)C(=O)N[C@@H](CC(C)C)C(=O)[C@@]1(CO)CO1)C2. The minimum atomic E-state index is -1.27. The highest BCUT2D eigenvalue weighted by Crippen LogP contribution is 2.38. The molecule has 1 aliphatic carbocycles. The van der Waals surface area contributed by atoms with Gasteiger partial charge in [0, 0.05) is 11.5 Å². The van der Waals surface area contributed by atoms with E-state index in [1.807, 2.05) is 19.9 Å². The predicted octanol–water partition coefficient (Wildman–Crippen LogP) is 0.147. The fourth-order valence-corrected chi connectivity index (χ4v) is 4.58. The Hall–Kier alpha value is -2.69. The summed E-state index contributed by atoms with van der Waals surface area (Å²) in [7, 11) is 3.15. The largest absolute Gasteiger partial charge is 0.493 e. The Morgan fingerprint density at radius 1 is 1.14 bits per heavy atom. The molecule has 1 aromatic rings. The van der Waals surface area contributed by atoms with E-state index in [4.69, 9.17) is 14.2 Å². The van der Waals surface area contributed by atoms with Crippen molar-refractivity contribution in [2.24, 2.45) is 11.8 Å². The van der Waals surface area contributed by atoms with Crippen LogP contribution in [0.25, 0.3) is 0 Å². The molecule has 1 aliphatic heterocycles. The Kier molecular flexibility index (Phi) is 8.74. The minimum absolute atomic E-state index is 0.0823. The monoisotopic (exact) mass is 492 g/mol. The van der Waals surface area contributed by atoms with E-state index in [1.165, 1.54) is 0 Å². The van der Waals surface area contributed by atoms with E-state index in [0.29, 0.717) is 37.2 Å². The summed E-state index contributed by atoms with van der Waals surface area (Å²) in [5.74, 6) is -0.404. The number of benzene rings is 1. The highest BCUT2D eigenvalue weighted by Gasteiger charge is 2.54. The molecule has 0 bridgehead atoms. The molecule has 3 rings (SSSR count). The molecule has 0 saturated carbocycles. The van der Waals surface area contributed by atoms with Crippen molar-refractivity contribution in [1.29, 1.82) is 0 Å². The van der Waals surface area contributed by atoms with E-state index >= 15 is 0 Å². The van der Waals surface area contributed by atoms with Crippen molar-refractivity contribution in [3.63, 3.8) is 0 Å². The van der Waals surface area contributed by atoms with Gasteiger partial charge in [-0.15, -0.1) is 0 Å². The summed E-state index contributed by atoms with van der Waals surface area (Å²) in [5, 5.41) is 24.6.